The number of carboxylic acids is 1. The van der Waals surface area contributed by atoms with Crippen LogP contribution in [0.3, 0.4) is 0 Å². The summed E-state index contributed by atoms with van der Waals surface area (Å²) in [6, 6.07) is 0. The molecule has 0 saturated heterocycles. The SMILES string of the molecule is CC(C)(C)OC(=O)C(C)(C1CCCCC1)C(C(=O)O)C1CCCCC1. The second kappa shape index (κ2) is 8.09. The summed E-state index contributed by atoms with van der Waals surface area (Å²) in [5.41, 5.74) is -1.52. The molecule has 2 aliphatic rings. The molecule has 0 heterocycles. The highest BCUT2D eigenvalue weighted by molar-refractivity contribution is 5.85. The molecule has 0 radical (unpaired) electrons. The van der Waals surface area contributed by atoms with Gasteiger partial charge in [-0.15, -0.1) is 0 Å². The Labute approximate surface area is 152 Å². The molecule has 144 valence electrons. The summed E-state index contributed by atoms with van der Waals surface area (Å²) in [4.78, 5) is 25.6. The van der Waals surface area contributed by atoms with Crippen LogP contribution in [0, 0.1) is 23.2 Å². The van der Waals surface area contributed by atoms with Crippen LogP contribution in [0.15, 0.2) is 0 Å². The maximum absolute atomic E-state index is 13.3. The molecule has 4 nitrogen and oxygen atoms in total. The second-order valence-corrected chi connectivity index (χ2v) is 9.33. The van der Waals surface area contributed by atoms with E-state index in [2.05, 4.69) is 0 Å². The summed E-state index contributed by atoms with van der Waals surface area (Å²) in [6.45, 7) is 7.48. The summed E-state index contributed by atoms with van der Waals surface area (Å²) in [5, 5.41) is 10.1. The first-order valence-corrected chi connectivity index (χ1v) is 10.1. The van der Waals surface area contributed by atoms with E-state index in [9.17, 15) is 14.7 Å². The average molecular weight is 353 g/mol. The molecule has 2 rings (SSSR count). The normalized spacial score (nSPS) is 24.3. The van der Waals surface area contributed by atoms with Crippen LogP contribution in [-0.4, -0.2) is 22.6 Å². The fourth-order valence-electron chi connectivity index (χ4n) is 5.05. The third-order valence-electron chi connectivity index (χ3n) is 6.33. The number of aliphatic carboxylic acids is 1. The Morgan fingerprint density at radius 2 is 1.36 bits per heavy atom. The van der Waals surface area contributed by atoms with Gasteiger partial charge in [0, 0.05) is 0 Å². The van der Waals surface area contributed by atoms with E-state index >= 15 is 0 Å². The first-order chi connectivity index (χ1) is 11.7. The average Bonchev–Trinajstić information content (AvgIpc) is 2.54. The lowest BCUT2D eigenvalue weighted by Gasteiger charge is -2.46. The van der Waals surface area contributed by atoms with E-state index < -0.39 is 22.9 Å². The predicted molar refractivity (Wildman–Crippen MR) is 98.2 cm³/mol. The molecule has 0 amide bonds. The van der Waals surface area contributed by atoms with E-state index in [0.29, 0.717) is 0 Å². The van der Waals surface area contributed by atoms with Crippen LogP contribution >= 0.6 is 0 Å². The molecule has 2 fully saturated rings. The number of hydrogen-bond donors (Lipinski definition) is 1. The Bertz CT molecular complexity index is 467. The minimum Gasteiger partial charge on any atom is -0.481 e. The Morgan fingerprint density at radius 3 is 1.80 bits per heavy atom. The van der Waals surface area contributed by atoms with Crippen molar-refractivity contribution in [2.75, 3.05) is 0 Å². The zero-order valence-corrected chi connectivity index (χ0v) is 16.5. The number of carbonyl (C=O) groups excluding carboxylic acids is 1. The standard InChI is InChI=1S/C21H36O4/c1-20(2,3)25-19(24)21(4,16-13-9-6-10-14-16)17(18(22)23)15-11-7-5-8-12-15/h15-17H,5-14H2,1-4H3,(H,22,23). The van der Waals surface area contributed by atoms with E-state index in [-0.39, 0.29) is 17.8 Å². The fourth-order valence-corrected chi connectivity index (χ4v) is 5.05. The predicted octanol–water partition coefficient (Wildman–Crippen LogP) is 5.20. The van der Waals surface area contributed by atoms with Gasteiger partial charge in [0.1, 0.15) is 5.60 Å². The van der Waals surface area contributed by atoms with Gasteiger partial charge in [0.2, 0.25) is 0 Å². The molecule has 0 aromatic heterocycles. The number of carbonyl (C=O) groups is 2. The van der Waals surface area contributed by atoms with Crippen molar-refractivity contribution in [3.63, 3.8) is 0 Å². The van der Waals surface area contributed by atoms with Crippen LogP contribution in [0.25, 0.3) is 0 Å². The molecule has 2 aliphatic carbocycles. The summed E-state index contributed by atoms with van der Waals surface area (Å²) < 4.78 is 5.78. The molecule has 0 aromatic rings. The molecule has 25 heavy (non-hydrogen) atoms. The zero-order chi connectivity index (χ0) is 18.7. The smallest absolute Gasteiger partial charge is 0.313 e. The van der Waals surface area contributed by atoms with Crippen molar-refractivity contribution >= 4 is 11.9 Å². The Kier molecular flexibility index (Phi) is 6.56. The van der Waals surface area contributed by atoms with Gasteiger partial charge < -0.3 is 9.84 Å². The van der Waals surface area contributed by atoms with Crippen molar-refractivity contribution < 1.29 is 19.4 Å². The Balaban J connectivity index is 2.39. The van der Waals surface area contributed by atoms with E-state index in [4.69, 9.17) is 4.74 Å². The number of carboxylic acid groups (broad SMARTS) is 1. The lowest BCUT2D eigenvalue weighted by atomic mass is 9.58. The monoisotopic (exact) mass is 352 g/mol. The minimum atomic E-state index is -0.929. The fraction of sp³-hybridized carbons (Fsp3) is 0.905. The summed E-state index contributed by atoms with van der Waals surface area (Å²) in [6.07, 6.45) is 10.4. The molecule has 1 N–H and O–H groups in total. The minimum absolute atomic E-state index is 0.0886. The molecule has 0 spiro atoms. The maximum Gasteiger partial charge on any atom is 0.313 e. The third-order valence-corrected chi connectivity index (χ3v) is 6.33. The Morgan fingerprint density at radius 1 is 0.880 bits per heavy atom. The van der Waals surface area contributed by atoms with Crippen LogP contribution in [0.1, 0.15) is 91.9 Å². The van der Waals surface area contributed by atoms with Gasteiger partial charge in [0.15, 0.2) is 0 Å². The first-order valence-electron chi connectivity index (χ1n) is 10.1. The lowest BCUT2D eigenvalue weighted by molar-refractivity contribution is -0.185. The first kappa shape index (κ1) is 20.3. The lowest BCUT2D eigenvalue weighted by Crippen LogP contribution is -2.52. The molecule has 0 bridgehead atoms. The van der Waals surface area contributed by atoms with Gasteiger partial charge >= 0.3 is 11.9 Å². The van der Waals surface area contributed by atoms with Crippen molar-refractivity contribution in [1.29, 1.82) is 0 Å². The molecular formula is C21H36O4. The largest absolute Gasteiger partial charge is 0.481 e. The molecule has 2 unspecified atom stereocenters. The quantitative estimate of drug-likeness (QED) is 0.691. The van der Waals surface area contributed by atoms with Crippen molar-refractivity contribution in [2.24, 2.45) is 23.2 Å². The van der Waals surface area contributed by atoms with Crippen molar-refractivity contribution in [1.82, 2.24) is 0 Å². The number of ether oxygens (including phenoxy) is 1. The zero-order valence-electron chi connectivity index (χ0n) is 16.5. The molecule has 2 atom stereocenters. The van der Waals surface area contributed by atoms with E-state index in [1.807, 2.05) is 27.7 Å². The molecule has 0 aliphatic heterocycles. The maximum atomic E-state index is 13.3. The number of rotatable bonds is 5. The summed E-state index contributed by atoms with van der Waals surface area (Å²) in [7, 11) is 0. The van der Waals surface area contributed by atoms with Crippen LogP contribution in [0.4, 0.5) is 0 Å². The van der Waals surface area contributed by atoms with Gasteiger partial charge in [0.25, 0.3) is 0 Å². The van der Waals surface area contributed by atoms with Crippen LogP contribution in [-0.2, 0) is 14.3 Å². The number of esters is 1. The van der Waals surface area contributed by atoms with Crippen molar-refractivity contribution in [3.8, 4) is 0 Å². The van der Waals surface area contributed by atoms with Gasteiger partial charge in [0.05, 0.1) is 11.3 Å². The highest BCUT2D eigenvalue weighted by atomic mass is 16.6. The molecule has 2 saturated carbocycles. The highest BCUT2D eigenvalue weighted by Gasteiger charge is 2.55. The van der Waals surface area contributed by atoms with E-state index in [1.54, 1.807) is 0 Å². The summed E-state index contributed by atoms with van der Waals surface area (Å²) in [5.74, 6) is -1.55. The van der Waals surface area contributed by atoms with E-state index in [0.717, 1.165) is 51.4 Å². The highest BCUT2D eigenvalue weighted by Crippen LogP contribution is 2.50. The topological polar surface area (TPSA) is 63.6 Å². The Hall–Kier alpha value is -1.06. The van der Waals surface area contributed by atoms with Crippen molar-refractivity contribution in [3.05, 3.63) is 0 Å². The molecule has 0 aromatic carbocycles. The van der Waals surface area contributed by atoms with Crippen molar-refractivity contribution in [2.45, 2.75) is 97.5 Å². The summed E-state index contributed by atoms with van der Waals surface area (Å²) >= 11 is 0. The van der Waals surface area contributed by atoms with Gasteiger partial charge in [-0.3, -0.25) is 9.59 Å². The number of hydrogen-bond acceptors (Lipinski definition) is 3. The van der Waals surface area contributed by atoms with Gasteiger partial charge in [-0.05, 0) is 65.2 Å². The van der Waals surface area contributed by atoms with Crippen LogP contribution in [0.2, 0.25) is 0 Å². The molecule has 4 heteroatoms. The van der Waals surface area contributed by atoms with Crippen LogP contribution < -0.4 is 0 Å². The second-order valence-electron chi connectivity index (χ2n) is 9.33. The third kappa shape index (κ3) is 4.77. The molecular weight excluding hydrogens is 316 g/mol. The van der Waals surface area contributed by atoms with Gasteiger partial charge in [-0.25, -0.2) is 0 Å². The van der Waals surface area contributed by atoms with Gasteiger partial charge in [-0.2, -0.15) is 0 Å². The van der Waals surface area contributed by atoms with Gasteiger partial charge in [-0.1, -0.05) is 38.5 Å². The van der Waals surface area contributed by atoms with E-state index in [1.165, 1.54) is 12.8 Å². The van der Waals surface area contributed by atoms with Crippen LogP contribution in [0.5, 0.6) is 0 Å².